The maximum absolute atomic E-state index is 11.9. The fraction of sp³-hybridized carbons (Fsp3) is 0.688. The molecule has 2 amide bonds. The molecule has 1 atom stereocenters. The average molecular weight is 338 g/mol. The standard InChI is InChI=1S/C16H26N4O4/c1-3-16(23,4-2)11-17-14(21)15(22)19-12-8-18-20(9-12)10-13-6-5-7-24-13/h8-9,13,23H,3-7,10-11H2,1-2H3,(H,17,21)(H,19,22)/t13-/m1/s1. The molecule has 134 valence electrons. The van der Waals surface area contributed by atoms with E-state index >= 15 is 0 Å². The zero-order valence-corrected chi connectivity index (χ0v) is 14.2. The van der Waals surface area contributed by atoms with Crippen LogP contribution in [0.1, 0.15) is 39.5 Å². The van der Waals surface area contributed by atoms with Crippen molar-refractivity contribution in [2.24, 2.45) is 0 Å². The van der Waals surface area contributed by atoms with Gasteiger partial charge in [0.25, 0.3) is 0 Å². The maximum Gasteiger partial charge on any atom is 0.313 e. The van der Waals surface area contributed by atoms with Crippen molar-refractivity contribution in [1.82, 2.24) is 15.1 Å². The Bertz CT molecular complexity index is 562. The molecule has 24 heavy (non-hydrogen) atoms. The Kier molecular flexibility index (Phi) is 6.33. The van der Waals surface area contributed by atoms with E-state index in [1.54, 1.807) is 10.9 Å². The monoisotopic (exact) mass is 338 g/mol. The molecule has 1 aliphatic rings. The minimum absolute atomic E-state index is 0.0462. The van der Waals surface area contributed by atoms with Crippen LogP contribution in [0.3, 0.4) is 0 Å². The topological polar surface area (TPSA) is 105 Å². The minimum atomic E-state index is -0.984. The van der Waals surface area contributed by atoms with Crippen LogP contribution in [0, 0.1) is 0 Å². The zero-order valence-electron chi connectivity index (χ0n) is 14.2. The normalized spacial score (nSPS) is 17.7. The van der Waals surface area contributed by atoms with Gasteiger partial charge < -0.3 is 20.5 Å². The Morgan fingerprint density at radius 3 is 2.79 bits per heavy atom. The molecule has 1 aromatic rings. The van der Waals surface area contributed by atoms with E-state index in [0.717, 1.165) is 19.4 Å². The number of amides is 2. The number of carbonyl (C=O) groups excluding carboxylic acids is 2. The summed E-state index contributed by atoms with van der Waals surface area (Å²) < 4.78 is 7.23. The van der Waals surface area contributed by atoms with Gasteiger partial charge in [-0.25, -0.2) is 0 Å². The highest BCUT2D eigenvalue weighted by Crippen LogP contribution is 2.15. The van der Waals surface area contributed by atoms with Gasteiger partial charge in [0.1, 0.15) is 0 Å². The zero-order chi connectivity index (χ0) is 17.6. The number of aliphatic hydroxyl groups is 1. The molecule has 0 unspecified atom stereocenters. The van der Waals surface area contributed by atoms with Gasteiger partial charge in [-0.2, -0.15) is 5.10 Å². The van der Waals surface area contributed by atoms with Gasteiger partial charge in [-0.3, -0.25) is 14.3 Å². The van der Waals surface area contributed by atoms with Crippen molar-refractivity contribution >= 4 is 17.5 Å². The summed E-state index contributed by atoms with van der Waals surface area (Å²) in [6.07, 6.45) is 6.37. The Labute approximate surface area is 141 Å². The van der Waals surface area contributed by atoms with E-state index in [1.165, 1.54) is 6.20 Å². The number of nitrogens with one attached hydrogen (secondary N) is 2. The van der Waals surface area contributed by atoms with E-state index in [2.05, 4.69) is 15.7 Å². The van der Waals surface area contributed by atoms with Crippen LogP contribution < -0.4 is 10.6 Å². The van der Waals surface area contributed by atoms with E-state index in [1.807, 2.05) is 13.8 Å². The Morgan fingerprint density at radius 2 is 2.17 bits per heavy atom. The summed E-state index contributed by atoms with van der Waals surface area (Å²) >= 11 is 0. The first-order chi connectivity index (χ1) is 11.5. The van der Waals surface area contributed by atoms with Gasteiger partial charge in [0, 0.05) is 19.3 Å². The summed E-state index contributed by atoms with van der Waals surface area (Å²) in [7, 11) is 0. The van der Waals surface area contributed by atoms with Crippen LogP contribution in [0.4, 0.5) is 5.69 Å². The van der Waals surface area contributed by atoms with Gasteiger partial charge in [0.05, 0.1) is 30.1 Å². The fourth-order valence-electron chi connectivity index (χ4n) is 2.54. The highest BCUT2D eigenvalue weighted by molar-refractivity contribution is 6.39. The summed E-state index contributed by atoms with van der Waals surface area (Å²) in [5.41, 5.74) is -0.531. The number of nitrogens with zero attached hydrogens (tertiary/aromatic N) is 2. The Morgan fingerprint density at radius 1 is 1.42 bits per heavy atom. The fourth-order valence-corrected chi connectivity index (χ4v) is 2.54. The lowest BCUT2D eigenvalue weighted by Gasteiger charge is -2.25. The number of carbonyl (C=O) groups is 2. The van der Waals surface area contributed by atoms with Crippen molar-refractivity contribution in [2.45, 2.75) is 57.8 Å². The van der Waals surface area contributed by atoms with E-state index in [-0.39, 0.29) is 12.6 Å². The number of ether oxygens (including phenoxy) is 1. The first-order valence-corrected chi connectivity index (χ1v) is 8.41. The summed E-state index contributed by atoms with van der Waals surface area (Å²) in [6.45, 7) is 5.11. The van der Waals surface area contributed by atoms with E-state index in [4.69, 9.17) is 4.74 Å². The predicted octanol–water partition coefficient (Wildman–Crippen LogP) is 0.668. The number of hydrogen-bond acceptors (Lipinski definition) is 5. The van der Waals surface area contributed by atoms with E-state index < -0.39 is 17.4 Å². The molecule has 3 N–H and O–H groups in total. The van der Waals surface area contributed by atoms with Crippen LogP contribution in [-0.2, 0) is 20.9 Å². The Balaban J connectivity index is 1.81. The molecule has 2 heterocycles. The van der Waals surface area contributed by atoms with Crippen molar-refractivity contribution in [2.75, 3.05) is 18.5 Å². The van der Waals surface area contributed by atoms with Crippen LogP contribution in [0.5, 0.6) is 0 Å². The molecular weight excluding hydrogens is 312 g/mol. The van der Waals surface area contributed by atoms with Crippen molar-refractivity contribution in [3.05, 3.63) is 12.4 Å². The predicted molar refractivity (Wildman–Crippen MR) is 88.4 cm³/mol. The quantitative estimate of drug-likeness (QED) is 0.634. The molecule has 2 rings (SSSR count). The number of rotatable bonds is 7. The molecule has 8 nitrogen and oxygen atoms in total. The van der Waals surface area contributed by atoms with Gasteiger partial charge in [0.15, 0.2) is 0 Å². The van der Waals surface area contributed by atoms with Crippen LogP contribution >= 0.6 is 0 Å². The molecule has 1 aromatic heterocycles. The van der Waals surface area contributed by atoms with Crippen LogP contribution in [0.15, 0.2) is 12.4 Å². The smallest absolute Gasteiger partial charge is 0.313 e. The molecule has 0 spiro atoms. The second-order valence-electron chi connectivity index (χ2n) is 6.15. The largest absolute Gasteiger partial charge is 0.388 e. The third-order valence-electron chi connectivity index (χ3n) is 4.41. The van der Waals surface area contributed by atoms with E-state index in [9.17, 15) is 14.7 Å². The molecule has 1 fully saturated rings. The van der Waals surface area contributed by atoms with Crippen LogP contribution in [-0.4, -0.2) is 51.6 Å². The van der Waals surface area contributed by atoms with Gasteiger partial charge >= 0.3 is 11.8 Å². The maximum atomic E-state index is 11.9. The highest BCUT2D eigenvalue weighted by Gasteiger charge is 2.25. The number of hydrogen-bond donors (Lipinski definition) is 3. The molecule has 0 aromatic carbocycles. The van der Waals surface area contributed by atoms with Gasteiger partial charge in [0.2, 0.25) is 0 Å². The van der Waals surface area contributed by atoms with Gasteiger partial charge in [-0.05, 0) is 25.7 Å². The molecule has 0 saturated carbocycles. The highest BCUT2D eigenvalue weighted by atomic mass is 16.5. The van der Waals surface area contributed by atoms with Crippen molar-refractivity contribution in [3.8, 4) is 0 Å². The minimum Gasteiger partial charge on any atom is -0.388 e. The van der Waals surface area contributed by atoms with E-state index in [0.29, 0.717) is 25.1 Å². The molecule has 1 saturated heterocycles. The summed E-state index contributed by atoms with van der Waals surface area (Å²) in [6, 6.07) is 0. The SMILES string of the molecule is CCC(O)(CC)CNC(=O)C(=O)Nc1cnn(C[C@H]2CCCO2)c1. The van der Waals surface area contributed by atoms with Crippen molar-refractivity contribution in [3.63, 3.8) is 0 Å². The molecule has 1 aliphatic heterocycles. The summed E-state index contributed by atoms with van der Waals surface area (Å²) in [5.74, 6) is -1.55. The van der Waals surface area contributed by atoms with Crippen molar-refractivity contribution < 1.29 is 19.4 Å². The first-order valence-electron chi connectivity index (χ1n) is 8.41. The molecule has 8 heteroatoms. The second-order valence-corrected chi connectivity index (χ2v) is 6.15. The second kappa shape index (κ2) is 8.25. The number of anilines is 1. The lowest BCUT2D eigenvalue weighted by atomic mass is 9.98. The Hall–Kier alpha value is -1.93. The first kappa shape index (κ1) is 18.4. The van der Waals surface area contributed by atoms with Gasteiger partial charge in [-0.15, -0.1) is 0 Å². The molecule has 0 aliphatic carbocycles. The molecule has 0 bridgehead atoms. The third-order valence-corrected chi connectivity index (χ3v) is 4.41. The molecular formula is C16H26N4O4. The summed E-state index contributed by atoms with van der Waals surface area (Å²) in [5, 5.41) is 19.2. The van der Waals surface area contributed by atoms with Crippen LogP contribution in [0.25, 0.3) is 0 Å². The third kappa shape index (κ3) is 5.04. The number of aromatic nitrogens is 2. The molecule has 0 radical (unpaired) electrons. The van der Waals surface area contributed by atoms with Crippen LogP contribution in [0.2, 0.25) is 0 Å². The van der Waals surface area contributed by atoms with Crippen molar-refractivity contribution in [1.29, 1.82) is 0 Å². The lowest BCUT2D eigenvalue weighted by Crippen LogP contribution is -2.45. The lowest BCUT2D eigenvalue weighted by molar-refractivity contribution is -0.136. The van der Waals surface area contributed by atoms with Gasteiger partial charge in [-0.1, -0.05) is 13.8 Å². The summed E-state index contributed by atoms with van der Waals surface area (Å²) in [4.78, 5) is 23.7. The average Bonchev–Trinajstić information content (AvgIpc) is 3.25.